The van der Waals surface area contributed by atoms with E-state index in [0.717, 1.165) is 36.4 Å². The Morgan fingerprint density at radius 3 is 2.24 bits per heavy atom. The fraction of sp³-hybridized carbons (Fsp3) is 0.167. The molecule has 1 amide bonds. The van der Waals surface area contributed by atoms with Crippen LogP contribution in [-0.2, 0) is 0 Å². The van der Waals surface area contributed by atoms with E-state index in [1.165, 1.54) is 31.2 Å². The third-order valence-electron chi connectivity index (χ3n) is 5.33. The summed E-state index contributed by atoms with van der Waals surface area (Å²) in [5.41, 5.74) is -0.214. The highest BCUT2D eigenvalue weighted by atomic mass is 19.4. The van der Waals surface area contributed by atoms with Crippen molar-refractivity contribution in [1.82, 2.24) is 0 Å². The Morgan fingerprint density at radius 1 is 0.939 bits per heavy atom. The number of carbonyl (C=O) groups excluding carboxylic acids is 1. The SMILES string of the molecule is Cc1ccc(C(=O)N2c3ccc(F)cc3C(=Nc3ccc(F)cc3)CC2C(F)(F)F)cc1F. The molecule has 0 radical (unpaired) electrons. The zero-order valence-electron chi connectivity index (χ0n) is 17.1. The maximum Gasteiger partial charge on any atom is 0.409 e. The Morgan fingerprint density at radius 2 is 1.61 bits per heavy atom. The number of halogens is 6. The van der Waals surface area contributed by atoms with Crippen molar-refractivity contribution in [3.8, 4) is 0 Å². The molecule has 1 aliphatic rings. The van der Waals surface area contributed by atoms with Crippen LogP contribution in [0.1, 0.15) is 27.9 Å². The highest BCUT2D eigenvalue weighted by Gasteiger charge is 2.50. The van der Waals surface area contributed by atoms with Gasteiger partial charge < -0.3 is 0 Å². The summed E-state index contributed by atoms with van der Waals surface area (Å²) in [4.78, 5) is 17.8. The van der Waals surface area contributed by atoms with Crippen molar-refractivity contribution in [2.45, 2.75) is 25.6 Å². The van der Waals surface area contributed by atoms with Crippen LogP contribution in [0.4, 0.5) is 37.7 Å². The molecule has 33 heavy (non-hydrogen) atoms. The van der Waals surface area contributed by atoms with Gasteiger partial charge in [-0.2, -0.15) is 13.2 Å². The molecule has 4 rings (SSSR count). The predicted octanol–water partition coefficient (Wildman–Crippen LogP) is 6.51. The molecule has 0 fully saturated rings. The summed E-state index contributed by atoms with van der Waals surface area (Å²) in [7, 11) is 0. The van der Waals surface area contributed by atoms with Crippen molar-refractivity contribution in [2.24, 2.45) is 4.99 Å². The fourth-order valence-electron chi connectivity index (χ4n) is 3.66. The van der Waals surface area contributed by atoms with E-state index < -0.39 is 42.0 Å². The maximum atomic E-state index is 14.1. The Kier molecular flexibility index (Phi) is 5.73. The topological polar surface area (TPSA) is 32.7 Å². The second kappa shape index (κ2) is 8.38. The van der Waals surface area contributed by atoms with Gasteiger partial charge in [0.05, 0.1) is 17.1 Å². The third-order valence-corrected chi connectivity index (χ3v) is 5.33. The van der Waals surface area contributed by atoms with Gasteiger partial charge in [0.1, 0.15) is 23.5 Å². The molecule has 0 saturated heterocycles. The molecule has 0 bridgehead atoms. The molecule has 9 heteroatoms. The van der Waals surface area contributed by atoms with Crippen molar-refractivity contribution in [3.63, 3.8) is 0 Å². The average molecular weight is 462 g/mol. The summed E-state index contributed by atoms with van der Waals surface area (Å²) in [6.07, 6.45) is -5.63. The van der Waals surface area contributed by atoms with Gasteiger partial charge in [0.15, 0.2) is 0 Å². The quantitative estimate of drug-likeness (QED) is 0.400. The van der Waals surface area contributed by atoms with E-state index in [1.807, 2.05) is 0 Å². The second-order valence-electron chi connectivity index (χ2n) is 7.60. The van der Waals surface area contributed by atoms with Crippen LogP contribution in [0.25, 0.3) is 0 Å². The maximum absolute atomic E-state index is 14.1. The smallest absolute Gasteiger partial charge is 0.295 e. The minimum atomic E-state index is -4.87. The van der Waals surface area contributed by atoms with Crippen LogP contribution in [0, 0.1) is 24.4 Å². The summed E-state index contributed by atoms with van der Waals surface area (Å²) in [6, 6.07) is 8.79. The number of alkyl halides is 3. The van der Waals surface area contributed by atoms with Crippen LogP contribution in [0.2, 0.25) is 0 Å². The molecule has 170 valence electrons. The lowest BCUT2D eigenvalue weighted by Crippen LogP contribution is -2.53. The third kappa shape index (κ3) is 4.48. The van der Waals surface area contributed by atoms with Crippen LogP contribution in [-0.4, -0.2) is 23.8 Å². The molecule has 1 aliphatic heterocycles. The van der Waals surface area contributed by atoms with Crippen LogP contribution in [0.5, 0.6) is 0 Å². The number of hydrogen-bond donors (Lipinski definition) is 0. The van der Waals surface area contributed by atoms with E-state index in [0.29, 0.717) is 4.90 Å². The Labute approximate surface area is 185 Å². The number of nitrogens with zero attached hydrogens (tertiary/aromatic N) is 2. The molecule has 0 saturated carbocycles. The largest absolute Gasteiger partial charge is 0.409 e. The second-order valence-corrected chi connectivity index (χ2v) is 7.60. The average Bonchev–Trinajstić information content (AvgIpc) is 2.76. The van der Waals surface area contributed by atoms with Crippen molar-refractivity contribution in [3.05, 3.63) is 94.8 Å². The van der Waals surface area contributed by atoms with E-state index >= 15 is 0 Å². The number of aryl methyl sites for hydroxylation is 1. The van der Waals surface area contributed by atoms with E-state index in [9.17, 15) is 31.1 Å². The van der Waals surface area contributed by atoms with Gasteiger partial charge in [0.2, 0.25) is 0 Å². The van der Waals surface area contributed by atoms with E-state index in [-0.39, 0.29) is 33.8 Å². The van der Waals surface area contributed by atoms with Crippen LogP contribution >= 0.6 is 0 Å². The van der Waals surface area contributed by atoms with Gasteiger partial charge in [-0.1, -0.05) is 6.07 Å². The minimum Gasteiger partial charge on any atom is -0.295 e. The number of rotatable bonds is 2. The summed E-state index contributed by atoms with van der Waals surface area (Å²) >= 11 is 0. The van der Waals surface area contributed by atoms with E-state index in [4.69, 9.17) is 0 Å². The summed E-state index contributed by atoms with van der Waals surface area (Å²) < 4.78 is 83.6. The molecular formula is C24H16F6N2O. The van der Waals surface area contributed by atoms with Gasteiger partial charge in [-0.05, 0) is 67.1 Å². The number of carbonyl (C=O) groups is 1. The summed E-state index contributed by atoms with van der Waals surface area (Å²) in [5, 5.41) is 0. The standard InChI is InChI=1S/C24H16F6N2O/c1-13-2-3-14(10-19(13)27)23(33)32-21-9-6-16(26)11-18(21)20(12-22(32)24(28,29)30)31-17-7-4-15(25)5-8-17/h2-11,22H,12H2,1H3. The monoisotopic (exact) mass is 462 g/mol. The lowest BCUT2D eigenvalue weighted by atomic mass is 9.92. The molecule has 0 aliphatic carbocycles. The first-order valence-corrected chi connectivity index (χ1v) is 9.84. The van der Waals surface area contributed by atoms with Crippen molar-refractivity contribution in [2.75, 3.05) is 4.90 Å². The van der Waals surface area contributed by atoms with Gasteiger partial charge >= 0.3 is 6.18 Å². The number of amides is 1. The molecule has 1 unspecified atom stereocenters. The summed E-state index contributed by atoms with van der Waals surface area (Å²) in [5.74, 6) is -3.10. The Hall–Kier alpha value is -3.62. The molecule has 0 N–H and O–H groups in total. The van der Waals surface area contributed by atoms with Crippen molar-refractivity contribution >= 4 is 23.0 Å². The molecule has 3 aromatic rings. The van der Waals surface area contributed by atoms with Crippen LogP contribution in [0.15, 0.2) is 65.7 Å². The number of benzene rings is 3. The first kappa shape index (κ1) is 22.6. The summed E-state index contributed by atoms with van der Waals surface area (Å²) in [6.45, 7) is 1.46. The van der Waals surface area contributed by atoms with E-state index in [1.54, 1.807) is 0 Å². The van der Waals surface area contributed by atoms with Gasteiger partial charge in [0, 0.05) is 17.5 Å². The number of anilines is 1. The number of fused-ring (bicyclic) bond motifs is 1. The van der Waals surface area contributed by atoms with Crippen LogP contribution in [0.3, 0.4) is 0 Å². The number of aliphatic imine (C=N–C) groups is 1. The zero-order chi connectivity index (χ0) is 23.9. The highest BCUT2D eigenvalue weighted by Crippen LogP contribution is 2.40. The molecule has 3 aromatic carbocycles. The van der Waals surface area contributed by atoms with Gasteiger partial charge in [-0.3, -0.25) is 14.7 Å². The highest BCUT2D eigenvalue weighted by molar-refractivity contribution is 6.16. The van der Waals surface area contributed by atoms with Crippen molar-refractivity contribution < 1.29 is 31.1 Å². The number of hydrogen-bond acceptors (Lipinski definition) is 2. The van der Waals surface area contributed by atoms with Crippen LogP contribution < -0.4 is 4.90 Å². The normalized spacial score (nSPS) is 17.2. The lowest BCUT2D eigenvalue weighted by molar-refractivity contribution is -0.146. The first-order chi connectivity index (χ1) is 15.5. The zero-order valence-corrected chi connectivity index (χ0v) is 17.1. The first-order valence-electron chi connectivity index (χ1n) is 9.84. The van der Waals surface area contributed by atoms with Gasteiger partial charge in [-0.25, -0.2) is 13.2 Å². The van der Waals surface area contributed by atoms with Gasteiger partial charge in [-0.15, -0.1) is 0 Å². The predicted molar refractivity (Wildman–Crippen MR) is 111 cm³/mol. The Bertz CT molecular complexity index is 1250. The fourth-order valence-corrected chi connectivity index (χ4v) is 3.66. The molecule has 0 spiro atoms. The van der Waals surface area contributed by atoms with E-state index in [2.05, 4.69) is 4.99 Å². The molecule has 3 nitrogen and oxygen atoms in total. The molecular weight excluding hydrogens is 446 g/mol. The van der Waals surface area contributed by atoms with Gasteiger partial charge in [0.25, 0.3) is 5.91 Å². The molecule has 1 heterocycles. The molecule has 0 aromatic heterocycles. The Balaban J connectivity index is 1.88. The molecule has 1 atom stereocenters. The lowest BCUT2D eigenvalue weighted by Gasteiger charge is -2.38. The minimum absolute atomic E-state index is 0.0132. The van der Waals surface area contributed by atoms with Crippen molar-refractivity contribution in [1.29, 1.82) is 0 Å².